The number of carboxylic acids is 1. The fourth-order valence-corrected chi connectivity index (χ4v) is 3.13. The molecule has 0 amide bonds. The summed E-state index contributed by atoms with van der Waals surface area (Å²) in [5.74, 6) is -0.380. The highest BCUT2D eigenvalue weighted by atomic mass is 16.4. The Morgan fingerprint density at radius 3 is 2.56 bits per heavy atom. The van der Waals surface area contributed by atoms with Crippen LogP contribution in [0.4, 0.5) is 0 Å². The largest absolute Gasteiger partial charge is 0.481 e. The number of hydrogen-bond acceptors (Lipinski definition) is 3. The molecule has 0 aliphatic rings. The summed E-state index contributed by atoms with van der Waals surface area (Å²) in [5, 5.41) is 14.6. The minimum absolute atomic E-state index is 0.389. The van der Waals surface area contributed by atoms with Crippen molar-refractivity contribution in [2.24, 2.45) is 5.92 Å². The summed E-state index contributed by atoms with van der Waals surface area (Å²) in [6.45, 7) is 1.73. The van der Waals surface area contributed by atoms with Crippen LogP contribution in [0.1, 0.15) is 12.5 Å². The van der Waals surface area contributed by atoms with Crippen molar-refractivity contribution in [3.05, 3.63) is 78.6 Å². The van der Waals surface area contributed by atoms with Gasteiger partial charge in [0.15, 0.2) is 5.82 Å². The van der Waals surface area contributed by atoms with Gasteiger partial charge in [0, 0.05) is 11.6 Å². The van der Waals surface area contributed by atoms with Crippen molar-refractivity contribution in [1.82, 2.24) is 14.8 Å². The molecule has 4 aromatic rings. The van der Waals surface area contributed by atoms with Crippen molar-refractivity contribution < 1.29 is 9.90 Å². The molecule has 0 spiro atoms. The van der Waals surface area contributed by atoms with E-state index in [-0.39, 0.29) is 5.92 Å². The Labute approximate surface area is 156 Å². The maximum Gasteiger partial charge on any atom is 0.306 e. The molecule has 134 valence electrons. The van der Waals surface area contributed by atoms with Crippen LogP contribution in [-0.2, 0) is 11.2 Å². The Hall–Kier alpha value is -3.47. The van der Waals surface area contributed by atoms with E-state index in [2.05, 4.69) is 28.3 Å². The Morgan fingerprint density at radius 2 is 1.85 bits per heavy atom. The second kappa shape index (κ2) is 7.03. The first-order valence-corrected chi connectivity index (χ1v) is 8.83. The predicted octanol–water partition coefficient (Wildman–Crippen LogP) is 4.35. The Bertz CT molecular complexity index is 1090. The van der Waals surface area contributed by atoms with Crippen LogP contribution in [0.15, 0.2) is 73.1 Å². The van der Waals surface area contributed by atoms with Gasteiger partial charge in [-0.2, -0.15) is 5.10 Å². The molecule has 1 atom stereocenters. The highest BCUT2D eigenvalue weighted by molar-refractivity contribution is 5.85. The van der Waals surface area contributed by atoms with Crippen LogP contribution in [0.3, 0.4) is 0 Å². The summed E-state index contributed by atoms with van der Waals surface area (Å²) in [6, 6.07) is 20.0. The molecule has 2 aromatic carbocycles. The lowest BCUT2D eigenvalue weighted by molar-refractivity contribution is -0.141. The quantitative estimate of drug-likeness (QED) is 0.576. The number of aliphatic carboxylic acids is 1. The van der Waals surface area contributed by atoms with Gasteiger partial charge in [-0.3, -0.25) is 4.79 Å². The molecule has 0 aliphatic heterocycles. The van der Waals surface area contributed by atoms with E-state index in [1.54, 1.807) is 13.1 Å². The van der Waals surface area contributed by atoms with Crippen molar-refractivity contribution in [3.63, 3.8) is 0 Å². The zero-order valence-electron chi connectivity index (χ0n) is 14.9. The third-order valence-electron chi connectivity index (χ3n) is 4.69. The van der Waals surface area contributed by atoms with Gasteiger partial charge in [0.2, 0.25) is 0 Å². The molecular weight excluding hydrogens is 338 g/mol. The number of fused-ring (bicyclic) bond motifs is 1. The highest BCUT2D eigenvalue weighted by Gasteiger charge is 2.12. The zero-order valence-corrected chi connectivity index (χ0v) is 14.9. The molecule has 0 radical (unpaired) electrons. The van der Waals surface area contributed by atoms with Gasteiger partial charge in [0.05, 0.1) is 17.6 Å². The number of benzene rings is 2. The molecule has 0 aliphatic carbocycles. The summed E-state index contributed by atoms with van der Waals surface area (Å²) in [7, 11) is 0. The molecule has 0 saturated carbocycles. The summed E-state index contributed by atoms with van der Waals surface area (Å²) in [4.78, 5) is 15.4. The minimum Gasteiger partial charge on any atom is -0.481 e. The molecule has 5 nitrogen and oxygen atoms in total. The lowest BCUT2D eigenvalue weighted by Gasteiger charge is -2.08. The monoisotopic (exact) mass is 357 g/mol. The van der Waals surface area contributed by atoms with Crippen LogP contribution >= 0.6 is 0 Å². The van der Waals surface area contributed by atoms with Crippen molar-refractivity contribution in [1.29, 1.82) is 0 Å². The average molecular weight is 357 g/mol. The van der Waals surface area contributed by atoms with Gasteiger partial charge >= 0.3 is 5.97 Å². The number of hydrogen-bond donors (Lipinski definition) is 1. The van der Waals surface area contributed by atoms with Gasteiger partial charge in [0.25, 0.3) is 0 Å². The number of aromatic nitrogens is 3. The third kappa shape index (κ3) is 3.44. The fourth-order valence-electron chi connectivity index (χ4n) is 3.13. The van der Waals surface area contributed by atoms with Crippen molar-refractivity contribution in [2.75, 3.05) is 0 Å². The van der Waals surface area contributed by atoms with Crippen molar-refractivity contribution >= 4 is 16.9 Å². The second-order valence-electron chi connectivity index (χ2n) is 6.66. The normalized spacial score (nSPS) is 12.2. The molecule has 2 heterocycles. The van der Waals surface area contributed by atoms with Crippen LogP contribution < -0.4 is 0 Å². The third-order valence-corrected chi connectivity index (χ3v) is 4.69. The zero-order chi connectivity index (χ0) is 18.8. The first kappa shape index (κ1) is 17.0. The molecule has 0 saturated heterocycles. The smallest absolute Gasteiger partial charge is 0.306 e. The van der Waals surface area contributed by atoms with Gasteiger partial charge in [-0.15, -0.1) is 0 Å². The molecule has 2 aromatic heterocycles. The number of nitrogens with zero attached hydrogens (tertiary/aromatic N) is 3. The Balaban J connectivity index is 1.67. The van der Waals surface area contributed by atoms with Crippen LogP contribution in [0.5, 0.6) is 0 Å². The number of rotatable bonds is 5. The van der Waals surface area contributed by atoms with E-state index < -0.39 is 5.97 Å². The van der Waals surface area contributed by atoms with Crippen LogP contribution in [0, 0.1) is 5.92 Å². The van der Waals surface area contributed by atoms with Crippen LogP contribution in [0.2, 0.25) is 0 Å². The van der Waals surface area contributed by atoms with E-state index in [0.29, 0.717) is 6.42 Å². The first-order valence-electron chi connectivity index (χ1n) is 8.83. The SMILES string of the molecule is C[C@H](Cc1ccc(-c2ccc3cnn(-c4ccccn4)c3c2)cc1)C(=O)O. The van der Waals surface area contributed by atoms with E-state index in [4.69, 9.17) is 5.11 Å². The maximum atomic E-state index is 11.0. The standard InChI is InChI=1S/C22H19N3O2/c1-15(22(26)27)12-16-5-7-17(8-6-16)18-9-10-19-14-24-25(20(19)13-18)21-4-2-3-11-23-21/h2-11,13-15H,12H2,1H3,(H,26,27)/t15-/m1/s1. The van der Waals surface area contributed by atoms with Crippen molar-refractivity contribution in [2.45, 2.75) is 13.3 Å². The van der Waals surface area contributed by atoms with E-state index in [0.717, 1.165) is 33.4 Å². The van der Waals surface area contributed by atoms with E-state index >= 15 is 0 Å². The molecule has 0 fully saturated rings. The number of pyridine rings is 1. The summed E-state index contributed by atoms with van der Waals surface area (Å²) in [5.41, 5.74) is 4.18. The lowest BCUT2D eigenvalue weighted by atomic mass is 9.98. The molecule has 5 heteroatoms. The molecule has 1 N–H and O–H groups in total. The molecule has 27 heavy (non-hydrogen) atoms. The minimum atomic E-state index is -0.771. The van der Waals surface area contributed by atoms with Gasteiger partial charge in [-0.05, 0) is 41.3 Å². The summed E-state index contributed by atoms with van der Waals surface area (Å²) >= 11 is 0. The predicted molar refractivity (Wildman–Crippen MR) is 105 cm³/mol. The first-order chi connectivity index (χ1) is 13.1. The fraction of sp³-hybridized carbons (Fsp3) is 0.136. The Morgan fingerprint density at radius 1 is 1.07 bits per heavy atom. The molecule has 0 unspecified atom stereocenters. The Kier molecular flexibility index (Phi) is 4.42. The molecule has 0 bridgehead atoms. The van der Waals surface area contributed by atoms with Crippen LogP contribution in [0.25, 0.3) is 27.8 Å². The average Bonchev–Trinajstić information content (AvgIpc) is 3.12. The maximum absolute atomic E-state index is 11.0. The van der Waals surface area contributed by atoms with Gasteiger partial charge in [0.1, 0.15) is 0 Å². The number of carboxylic acid groups (broad SMARTS) is 1. The second-order valence-corrected chi connectivity index (χ2v) is 6.66. The number of carbonyl (C=O) groups is 1. The topological polar surface area (TPSA) is 68.0 Å². The van der Waals surface area contributed by atoms with Crippen molar-refractivity contribution in [3.8, 4) is 16.9 Å². The lowest BCUT2D eigenvalue weighted by Crippen LogP contribution is -2.12. The van der Waals surface area contributed by atoms with E-state index in [1.807, 2.05) is 53.3 Å². The van der Waals surface area contributed by atoms with E-state index in [9.17, 15) is 4.79 Å². The summed E-state index contributed by atoms with van der Waals surface area (Å²) in [6.07, 6.45) is 4.12. The molecule has 4 rings (SSSR count). The highest BCUT2D eigenvalue weighted by Crippen LogP contribution is 2.26. The van der Waals surface area contributed by atoms with Gasteiger partial charge in [-0.1, -0.05) is 49.4 Å². The van der Waals surface area contributed by atoms with Gasteiger partial charge < -0.3 is 5.11 Å². The van der Waals surface area contributed by atoms with Gasteiger partial charge in [-0.25, -0.2) is 9.67 Å². The van der Waals surface area contributed by atoms with E-state index in [1.165, 1.54) is 0 Å². The van der Waals surface area contributed by atoms with Crippen LogP contribution in [-0.4, -0.2) is 25.8 Å². The summed E-state index contributed by atoms with van der Waals surface area (Å²) < 4.78 is 1.84. The molecular formula is C22H19N3O2.